The maximum atomic E-state index is 11.9. The van der Waals surface area contributed by atoms with Crippen LogP contribution in [-0.2, 0) is 4.79 Å². The molecule has 0 aliphatic rings. The molecule has 1 unspecified atom stereocenters. The number of carbonyl (C=O) groups is 2. The van der Waals surface area contributed by atoms with E-state index < -0.39 is 0 Å². The van der Waals surface area contributed by atoms with Gasteiger partial charge in [-0.15, -0.1) is 0 Å². The normalized spacial score (nSPS) is 11.8. The van der Waals surface area contributed by atoms with Gasteiger partial charge in [0.05, 0.1) is 0 Å². The predicted molar refractivity (Wildman–Crippen MR) is 85.2 cm³/mol. The minimum absolute atomic E-state index is 0.0340. The fourth-order valence-corrected chi connectivity index (χ4v) is 2.02. The van der Waals surface area contributed by atoms with Gasteiger partial charge in [0, 0.05) is 31.8 Å². The Morgan fingerprint density at radius 1 is 1.29 bits per heavy atom. The SMILES string of the molecule is CC(CCN)CCC(=O)Nc1cccc(C(=O)N(C)C)c1. The summed E-state index contributed by atoms with van der Waals surface area (Å²) in [6, 6.07) is 6.99. The Labute approximate surface area is 126 Å². The first-order valence-electron chi connectivity index (χ1n) is 7.25. The number of anilines is 1. The molecule has 5 heteroatoms. The highest BCUT2D eigenvalue weighted by Gasteiger charge is 2.10. The molecule has 0 radical (unpaired) electrons. The van der Waals surface area contributed by atoms with Crippen LogP contribution in [0.1, 0.15) is 36.5 Å². The number of nitrogens with two attached hydrogens (primary N) is 1. The smallest absolute Gasteiger partial charge is 0.253 e. The standard InChI is InChI=1S/C16H25N3O2/c1-12(9-10-17)7-8-15(20)18-14-6-4-5-13(11-14)16(21)19(2)3/h4-6,11-12H,7-10,17H2,1-3H3,(H,18,20). The third-order valence-corrected chi connectivity index (χ3v) is 3.32. The van der Waals surface area contributed by atoms with Crippen LogP contribution in [0.2, 0.25) is 0 Å². The van der Waals surface area contributed by atoms with Crippen molar-refractivity contribution in [2.45, 2.75) is 26.2 Å². The number of carbonyl (C=O) groups excluding carboxylic acids is 2. The molecule has 2 amide bonds. The minimum atomic E-state index is -0.0809. The number of benzene rings is 1. The van der Waals surface area contributed by atoms with E-state index in [1.807, 2.05) is 0 Å². The van der Waals surface area contributed by atoms with Crippen LogP contribution < -0.4 is 11.1 Å². The first kappa shape index (κ1) is 17.2. The van der Waals surface area contributed by atoms with E-state index in [4.69, 9.17) is 5.73 Å². The third-order valence-electron chi connectivity index (χ3n) is 3.32. The van der Waals surface area contributed by atoms with Gasteiger partial charge in [-0.05, 0) is 43.5 Å². The quantitative estimate of drug-likeness (QED) is 0.807. The average Bonchev–Trinajstić information content (AvgIpc) is 2.45. The van der Waals surface area contributed by atoms with Gasteiger partial charge in [-0.25, -0.2) is 0 Å². The van der Waals surface area contributed by atoms with Crippen molar-refractivity contribution >= 4 is 17.5 Å². The number of hydrogen-bond acceptors (Lipinski definition) is 3. The van der Waals surface area contributed by atoms with Gasteiger partial charge in [0.15, 0.2) is 0 Å². The van der Waals surface area contributed by atoms with Crippen molar-refractivity contribution in [3.05, 3.63) is 29.8 Å². The van der Waals surface area contributed by atoms with E-state index in [0.717, 1.165) is 12.8 Å². The summed E-state index contributed by atoms with van der Waals surface area (Å²) < 4.78 is 0. The van der Waals surface area contributed by atoms with Crippen molar-refractivity contribution in [3.8, 4) is 0 Å². The Balaban J connectivity index is 2.57. The topological polar surface area (TPSA) is 75.4 Å². The first-order chi connectivity index (χ1) is 9.93. The van der Waals surface area contributed by atoms with Crippen LogP contribution in [-0.4, -0.2) is 37.4 Å². The van der Waals surface area contributed by atoms with Gasteiger partial charge in [0.1, 0.15) is 0 Å². The van der Waals surface area contributed by atoms with E-state index in [2.05, 4.69) is 12.2 Å². The van der Waals surface area contributed by atoms with Gasteiger partial charge >= 0.3 is 0 Å². The molecule has 0 saturated carbocycles. The highest BCUT2D eigenvalue weighted by molar-refractivity contribution is 5.96. The van der Waals surface area contributed by atoms with E-state index in [1.54, 1.807) is 38.4 Å². The lowest BCUT2D eigenvalue weighted by Crippen LogP contribution is -2.22. The number of rotatable bonds is 7. The minimum Gasteiger partial charge on any atom is -0.345 e. The highest BCUT2D eigenvalue weighted by Crippen LogP contribution is 2.14. The molecule has 0 saturated heterocycles. The summed E-state index contributed by atoms with van der Waals surface area (Å²) in [7, 11) is 3.40. The van der Waals surface area contributed by atoms with Crippen LogP contribution in [0.5, 0.6) is 0 Å². The predicted octanol–water partition coefficient (Wildman–Crippen LogP) is 2.09. The van der Waals surface area contributed by atoms with Gasteiger partial charge in [-0.3, -0.25) is 9.59 Å². The molecule has 0 aromatic heterocycles. The van der Waals surface area contributed by atoms with Gasteiger partial charge in [-0.2, -0.15) is 0 Å². The third kappa shape index (κ3) is 5.95. The molecule has 1 aromatic rings. The van der Waals surface area contributed by atoms with Crippen molar-refractivity contribution in [1.82, 2.24) is 4.90 Å². The van der Waals surface area contributed by atoms with Crippen molar-refractivity contribution in [3.63, 3.8) is 0 Å². The van der Waals surface area contributed by atoms with Crippen molar-refractivity contribution in [1.29, 1.82) is 0 Å². The molecule has 0 aliphatic heterocycles. The Hall–Kier alpha value is -1.88. The van der Waals surface area contributed by atoms with E-state index in [1.165, 1.54) is 4.90 Å². The van der Waals surface area contributed by atoms with Gasteiger partial charge in [0.2, 0.25) is 5.91 Å². The second-order valence-corrected chi connectivity index (χ2v) is 5.55. The van der Waals surface area contributed by atoms with E-state index in [-0.39, 0.29) is 11.8 Å². The van der Waals surface area contributed by atoms with Gasteiger partial charge in [-0.1, -0.05) is 13.0 Å². The Morgan fingerprint density at radius 2 is 2.00 bits per heavy atom. The lowest BCUT2D eigenvalue weighted by Gasteiger charge is -2.12. The van der Waals surface area contributed by atoms with Crippen molar-refractivity contribution < 1.29 is 9.59 Å². The maximum Gasteiger partial charge on any atom is 0.253 e. The monoisotopic (exact) mass is 291 g/mol. The summed E-state index contributed by atoms with van der Waals surface area (Å²) >= 11 is 0. The molecule has 0 fully saturated rings. The van der Waals surface area contributed by atoms with Crippen LogP contribution >= 0.6 is 0 Å². The van der Waals surface area contributed by atoms with Crippen molar-refractivity contribution in [2.75, 3.05) is 26.0 Å². The largest absolute Gasteiger partial charge is 0.345 e. The van der Waals surface area contributed by atoms with Gasteiger partial charge < -0.3 is 16.0 Å². The number of nitrogens with zero attached hydrogens (tertiary/aromatic N) is 1. The van der Waals surface area contributed by atoms with Crippen molar-refractivity contribution in [2.24, 2.45) is 11.7 Å². The number of nitrogens with one attached hydrogen (secondary N) is 1. The fourth-order valence-electron chi connectivity index (χ4n) is 2.02. The zero-order valence-corrected chi connectivity index (χ0v) is 13.1. The molecular weight excluding hydrogens is 266 g/mol. The maximum absolute atomic E-state index is 11.9. The molecule has 1 rings (SSSR count). The lowest BCUT2D eigenvalue weighted by molar-refractivity contribution is -0.116. The summed E-state index contributed by atoms with van der Waals surface area (Å²) in [4.78, 5) is 25.3. The molecule has 5 nitrogen and oxygen atoms in total. The second-order valence-electron chi connectivity index (χ2n) is 5.55. The van der Waals surface area contributed by atoms with E-state index in [0.29, 0.717) is 30.1 Å². The molecule has 3 N–H and O–H groups in total. The molecule has 21 heavy (non-hydrogen) atoms. The lowest BCUT2D eigenvalue weighted by atomic mass is 10.0. The van der Waals surface area contributed by atoms with E-state index >= 15 is 0 Å². The highest BCUT2D eigenvalue weighted by atomic mass is 16.2. The molecular formula is C16H25N3O2. The van der Waals surface area contributed by atoms with Crippen LogP contribution in [0.4, 0.5) is 5.69 Å². The van der Waals surface area contributed by atoms with Gasteiger partial charge in [0.25, 0.3) is 5.91 Å². The number of hydrogen-bond donors (Lipinski definition) is 2. The summed E-state index contributed by atoms with van der Waals surface area (Å²) in [6.45, 7) is 2.74. The Morgan fingerprint density at radius 3 is 2.62 bits per heavy atom. The molecule has 0 heterocycles. The molecule has 1 atom stereocenters. The zero-order valence-electron chi connectivity index (χ0n) is 13.1. The summed E-state index contributed by atoms with van der Waals surface area (Å²) in [5.74, 6) is 0.332. The Bertz CT molecular complexity index is 486. The first-order valence-corrected chi connectivity index (χ1v) is 7.25. The summed E-state index contributed by atoms with van der Waals surface area (Å²) in [6.07, 6.45) is 2.21. The molecule has 0 aliphatic carbocycles. The second kappa shape index (κ2) is 8.42. The van der Waals surface area contributed by atoms with E-state index in [9.17, 15) is 9.59 Å². The molecule has 0 bridgehead atoms. The van der Waals surface area contributed by atoms with Crippen LogP contribution in [0, 0.1) is 5.92 Å². The fraction of sp³-hybridized carbons (Fsp3) is 0.500. The van der Waals surface area contributed by atoms with Crippen LogP contribution in [0.15, 0.2) is 24.3 Å². The molecule has 1 aromatic carbocycles. The Kier molecular flexibility index (Phi) is 6.88. The summed E-state index contributed by atoms with van der Waals surface area (Å²) in [5, 5.41) is 2.83. The molecule has 0 spiro atoms. The van der Waals surface area contributed by atoms with Crippen LogP contribution in [0.3, 0.4) is 0 Å². The van der Waals surface area contributed by atoms with Crippen LogP contribution in [0.25, 0.3) is 0 Å². The average molecular weight is 291 g/mol. The summed E-state index contributed by atoms with van der Waals surface area (Å²) in [5.41, 5.74) is 6.71. The molecule has 116 valence electrons. The zero-order chi connectivity index (χ0) is 15.8. The number of amides is 2.